The Kier molecular flexibility index (Phi) is 4.99. The molecular weight excluding hydrogens is 344 g/mol. The summed E-state index contributed by atoms with van der Waals surface area (Å²) < 4.78 is -0.363. The Bertz CT molecular complexity index is 1030. The van der Waals surface area contributed by atoms with Crippen molar-refractivity contribution in [2.24, 2.45) is 0 Å². The van der Waals surface area contributed by atoms with Crippen LogP contribution in [0.3, 0.4) is 0 Å². The first-order valence-electron chi connectivity index (χ1n) is 8.94. The summed E-state index contributed by atoms with van der Waals surface area (Å²) in [6.07, 6.45) is 0.660. The van der Waals surface area contributed by atoms with Gasteiger partial charge in [0.25, 0.3) is 5.69 Å². The van der Waals surface area contributed by atoms with Gasteiger partial charge in [0.1, 0.15) is 5.39 Å². The zero-order valence-electron chi connectivity index (χ0n) is 16.1. The molecule has 1 aromatic heterocycles. The monoisotopic (exact) mass is 368 g/mol. The topological polar surface area (TPSA) is 91.1 Å². The number of non-ortho nitro benzene ring substituents is 1. The number of fused-ring (bicyclic) bond motifs is 2. The second-order valence-corrected chi connectivity index (χ2v) is 7.42. The van der Waals surface area contributed by atoms with Crippen molar-refractivity contribution in [1.82, 2.24) is 4.98 Å². The average Bonchev–Trinajstić information content (AvgIpc) is 2.58. The highest BCUT2D eigenvalue weighted by atomic mass is 16.6. The molecule has 2 aromatic carbocycles. The van der Waals surface area contributed by atoms with E-state index in [0.717, 1.165) is 22.0 Å². The molecule has 1 heterocycles. The lowest BCUT2D eigenvalue weighted by Crippen LogP contribution is -2.34. The largest absolute Gasteiger partial charge is 0.633 e. The summed E-state index contributed by atoms with van der Waals surface area (Å²) in [5, 5.41) is 28.2. The summed E-state index contributed by atoms with van der Waals surface area (Å²) in [4.78, 5) is 16.0. The molecule has 3 aromatic rings. The van der Waals surface area contributed by atoms with E-state index in [-0.39, 0.29) is 15.3 Å². The Hall–Kier alpha value is -2.77. The zero-order chi connectivity index (χ0) is 19.8. The van der Waals surface area contributed by atoms with E-state index >= 15 is 0 Å². The predicted molar refractivity (Wildman–Crippen MR) is 109 cm³/mol. The van der Waals surface area contributed by atoms with Gasteiger partial charge >= 0.3 is 0 Å². The first-order valence-corrected chi connectivity index (χ1v) is 8.94. The number of nitrogens with one attached hydrogen (secondary N) is 1. The van der Waals surface area contributed by atoms with Crippen molar-refractivity contribution in [2.45, 2.75) is 20.3 Å². The van der Waals surface area contributed by atoms with E-state index in [1.54, 1.807) is 20.2 Å². The van der Waals surface area contributed by atoms with Crippen LogP contribution in [-0.4, -0.2) is 41.7 Å². The van der Waals surface area contributed by atoms with Crippen LogP contribution >= 0.6 is 0 Å². The van der Waals surface area contributed by atoms with Gasteiger partial charge in [-0.2, -0.15) is 0 Å². The SMILES string of the molecule is Cc1cccc2c(NCCC[N+](C)(C)[O-])c3c([N+](=O)[O-])ccc(C)c3nc12. The van der Waals surface area contributed by atoms with Crippen LogP contribution in [0.2, 0.25) is 0 Å². The van der Waals surface area contributed by atoms with Crippen LogP contribution in [0.5, 0.6) is 0 Å². The van der Waals surface area contributed by atoms with Crippen LogP contribution in [0, 0.1) is 29.2 Å². The minimum absolute atomic E-state index is 0.0361. The fraction of sp³-hybridized carbons (Fsp3) is 0.350. The number of benzene rings is 2. The van der Waals surface area contributed by atoms with Gasteiger partial charge in [0, 0.05) is 24.4 Å². The molecule has 0 aliphatic carbocycles. The lowest BCUT2D eigenvalue weighted by Gasteiger charge is -2.33. The molecule has 3 rings (SSSR count). The number of para-hydroxylation sites is 1. The molecule has 142 valence electrons. The number of nitrogens with zero attached hydrogens (tertiary/aromatic N) is 3. The van der Waals surface area contributed by atoms with Crippen LogP contribution in [0.25, 0.3) is 21.8 Å². The van der Waals surface area contributed by atoms with Crippen molar-refractivity contribution >= 4 is 33.2 Å². The van der Waals surface area contributed by atoms with E-state index in [1.165, 1.54) is 6.07 Å². The van der Waals surface area contributed by atoms with Crippen LogP contribution in [0.4, 0.5) is 11.4 Å². The number of rotatable bonds is 6. The quantitative estimate of drug-likeness (QED) is 0.230. The Morgan fingerprint density at radius 1 is 1.11 bits per heavy atom. The third-order valence-corrected chi connectivity index (χ3v) is 4.71. The van der Waals surface area contributed by atoms with Crippen molar-refractivity contribution in [3.63, 3.8) is 0 Å². The Labute approximate surface area is 157 Å². The third-order valence-electron chi connectivity index (χ3n) is 4.71. The molecule has 0 atom stereocenters. The number of anilines is 1. The number of nitro groups is 1. The van der Waals surface area contributed by atoms with Gasteiger partial charge in [-0.15, -0.1) is 0 Å². The van der Waals surface area contributed by atoms with Gasteiger partial charge in [-0.05, 0) is 25.0 Å². The predicted octanol–water partition coefficient (Wildman–Crippen LogP) is 4.29. The highest BCUT2D eigenvalue weighted by Crippen LogP contribution is 2.38. The number of quaternary nitrogens is 1. The normalized spacial score (nSPS) is 11.9. The fourth-order valence-corrected chi connectivity index (χ4v) is 3.34. The van der Waals surface area contributed by atoms with Crippen LogP contribution in [-0.2, 0) is 0 Å². The van der Waals surface area contributed by atoms with Crippen LogP contribution in [0.1, 0.15) is 17.5 Å². The molecule has 1 N–H and O–H groups in total. The van der Waals surface area contributed by atoms with E-state index in [4.69, 9.17) is 4.98 Å². The fourth-order valence-electron chi connectivity index (χ4n) is 3.34. The number of hydroxylamine groups is 3. The summed E-state index contributed by atoms with van der Waals surface area (Å²) in [6.45, 7) is 4.91. The maximum Gasteiger partial charge on any atom is 0.280 e. The first kappa shape index (κ1) is 19.0. The minimum Gasteiger partial charge on any atom is -0.633 e. The molecule has 7 nitrogen and oxygen atoms in total. The van der Waals surface area contributed by atoms with Crippen LogP contribution in [0.15, 0.2) is 30.3 Å². The second-order valence-electron chi connectivity index (χ2n) is 7.42. The molecular formula is C20H24N4O3. The van der Waals surface area contributed by atoms with E-state index < -0.39 is 0 Å². The molecule has 0 bridgehead atoms. The molecule has 0 spiro atoms. The molecule has 0 saturated heterocycles. The highest BCUT2D eigenvalue weighted by molar-refractivity contribution is 6.12. The maximum atomic E-state index is 11.8. The zero-order valence-corrected chi connectivity index (χ0v) is 16.1. The van der Waals surface area contributed by atoms with E-state index in [2.05, 4.69) is 5.32 Å². The number of aryl methyl sites for hydroxylation is 2. The molecule has 0 aliphatic rings. The second kappa shape index (κ2) is 7.09. The number of aromatic nitrogens is 1. The average molecular weight is 368 g/mol. The smallest absolute Gasteiger partial charge is 0.280 e. The van der Waals surface area contributed by atoms with Gasteiger partial charge < -0.3 is 15.2 Å². The number of nitro benzene ring substituents is 1. The minimum atomic E-state index is -0.367. The maximum absolute atomic E-state index is 11.8. The Morgan fingerprint density at radius 2 is 1.81 bits per heavy atom. The number of pyridine rings is 1. The Balaban J connectivity index is 2.20. The van der Waals surface area contributed by atoms with Gasteiger partial charge in [-0.25, -0.2) is 4.98 Å². The summed E-state index contributed by atoms with van der Waals surface area (Å²) in [5.74, 6) is 0. The summed E-state index contributed by atoms with van der Waals surface area (Å²) in [5.41, 5.74) is 4.12. The number of hydrogen-bond acceptors (Lipinski definition) is 5. The van der Waals surface area contributed by atoms with Gasteiger partial charge in [0.15, 0.2) is 0 Å². The van der Waals surface area contributed by atoms with Gasteiger partial charge in [-0.1, -0.05) is 24.3 Å². The lowest BCUT2D eigenvalue weighted by atomic mass is 10.0. The van der Waals surface area contributed by atoms with Crippen molar-refractivity contribution in [3.05, 3.63) is 56.8 Å². The molecule has 0 amide bonds. The van der Waals surface area contributed by atoms with E-state index in [9.17, 15) is 15.3 Å². The van der Waals surface area contributed by atoms with Crippen molar-refractivity contribution < 1.29 is 9.57 Å². The molecule has 0 radical (unpaired) electrons. The summed E-state index contributed by atoms with van der Waals surface area (Å²) >= 11 is 0. The lowest BCUT2D eigenvalue weighted by molar-refractivity contribution is -0.839. The first-order chi connectivity index (χ1) is 12.7. The molecule has 0 unspecified atom stereocenters. The van der Waals surface area contributed by atoms with Crippen LogP contribution < -0.4 is 5.32 Å². The van der Waals surface area contributed by atoms with Gasteiger partial charge in [0.2, 0.25) is 0 Å². The molecule has 7 heteroatoms. The standard InChI is InChI=1S/C20H24N4O3/c1-13-7-5-8-15-18(13)22-19-14(2)9-10-16(23(25)26)17(19)20(15)21-11-6-12-24(3,4)27/h5,7-10H,6,11-12H2,1-4H3,(H,21,22). The van der Waals surface area contributed by atoms with E-state index in [0.29, 0.717) is 36.1 Å². The summed E-state index contributed by atoms with van der Waals surface area (Å²) in [7, 11) is 3.21. The molecule has 27 heavy (non-hydrogen) atoms. The van der Waals surface area contributed by atoms with E-state index in [1.807, 2.05) is 32.0 Å². The number of hydrogen-bond donors (Lipinski definition) is 1. The van der Waals surface area contributed by atoms with Crippen molar-refractivity contribution in [2.75, 3.05) is 32.5 Å². The van der Waals surface area contributed by atoms with Crippen molar-refractivity contribution in [3.8, 4) is 0 Å². The highest BCUT2D eigenvalue weighted by Gasteiger charge is 2.21. The molecule has 0 fully saturated rings. The van der Waals surface area contributed by atoms with Crippen molar-refractivity contribution in [1.29, 1.82) is 0 Å². The summed E-state index contributed by atoms with van der Waals surface area (Å²) in [6, 6.07) is 9.10. The molecule has 0 saturated carbocycles. The Morgan fingerprint density at radius 3 is 2.48 bits per heavy atom. The molecule has 0 aliphatic heterocycles. The van der Waals surface area contributed by atoms with Gasteiger partial charge in [0.05, 0.1) is 42.3 Å². The third kappa shape index (κ3) is 3.84. The van der Waals surface area contributed by atoms with Gasteiger partial charge in [-0.3, -0.25) is 10.1 Å².